The van der Waals surface area contributed by atoms with Gasteiger partial charge in [0, 0.05) is 0 Å². The van der Waals surface area contributed by atoms with Crippen LogP contribution in [-0.4, -0.2) is 23.1 Å². The Morgan fingerprint density at radius 3 is 0.955 bits per heavy atom. The Hall–Kier alpha value is -1.32. The van der Waals surface area contributed by atoms with E-state index in [1.165, 1.54) is 0 Å². The van der Waals surface area contributed by atoms with E-state index in [4.69, 9.17) is 0 Å². The van der Waals surface area contributed by atoms with Gasteiger partial charge in [-0.15, -0.1) is 0 Å². The molecule has 3 aromatic rings. The first-order valence-corrected chi connectivity index (χ1v) is 6.69. The molecular formula is C19H15ClMgO. The molecule has 3 heteroatoms. The van der Waals surface area contributed by atoms with E-state index < -0.39 is 5.60 Å². The van der Waals surface area contributed by atoms with E-state index in [-0.39, 0.29) is 35.5 Å². The Morgan fingerprint density at radius 2 is 0.727 bits per heavy atom. The van der Waals surface area contributed by atoms with Gasteiger partial charge < -0.3 is 17.5 Å². The zero-order chi connectivity index (χ0) is 13.8. The molecule has 0 aliphatic rings. The van der Waals surface area contributed by atoms with Crippen LogP contribution in [0.25, 0.3) is 0 Å². The average molecular weight is 319 g/mol. The van der Waals surface area contributed by atoms with Gasteiger partial charge in [-0.2, -0.15) is 0 Å². The van der Waals surface area contributed by atoms with Crippen LogP contribution >= 0.6 is 0 Å². The number of benzene rings is 3. The van der Waals surface area contributed by atoms with Crippen LogP contribution in [0.4, 0.5) is 0 Å². The van der Waals surface area contributed by atoms with Crippen molar-refractivity contribution in [2.75, 3.05) is 0 Å². The summed E-state index contributed by atoms with van der Waals surface area (Å²) in [5, 5.41) is 13.7. The molecule has 1 nitrogen and oxygen atoms in total. The summed E-state index contributed by atoms with van der Waals surface area (Å²) in [5.74, 6) is 0. The van der Waals surface area contributed by atoms with Gasteiger partial charge in [0.1, 0.15) is 0 Å². The summed E-state index contributed by atoms with van der Waals surface area (Å²) in [6, 6.07) is 28.6. The molecule has 0 fully saturated rings. The van der Waals surface area contributed by atoms with Crippen LogP contribution in [0.15, 0.2) is 91.0 Å². The van der Waals surface area contributed by atoms with E-state index >= 15 is 0 Å². The Labute approximate surface area is 153 Å². The van der Waals surface area contributed by atoms with Crippen LogP contribution in [0.2, 0.25) is 0 Å². The van der Waals surface area contributed by atoms with Gasteiger partial charge in [-0.25, -0.2) is 0 Å². The topological polar surface area (TPSA) is 23.1 Å². The Kier molecular flexibility index (Phi) is 7.10. The van der Waals surface area contributed by atoms with Crippen molar-refractivity contribution in [3.8, 4) is 0 Å². The van der Waals surface area contributed by atoms with Gasteiger partial charge in [-0.3, -0.25) is 0 Å². The molecule has 0 aliphatic carbocycles. The van der Waals surface area contributed by atoms with Crippen LogP contribution in [0.3, 0.4) is 0 Å². The molecule has 0 aromatic heterocycles. The van der Waals surface area contributed by atoms with Gasteiger partial charge >= 0.3 is 23.1 Å². The van der Waals surface area contributed by atoms with Gasteiger partial charge in [-0.1, -0.05) is 91.0 Å². The van der Waals surface area contributed by atoms with Gasteiger partial charge in [0.15, 0.2) is 0 Å². The van der Waals surface area contributed by atoms with E-state index in [0.29, 0.717) is 0 Å². The molecule has 0 radical (unpaired) electrons. The van der Waals surface area contributed by atoms with Crippen molar-refractivity contribution < 1.29 is 17.5 Å². The van der Waals surface area contributed by atoms with E-state index in [2.05, 4.69) is 0 Å². The van der Waals surface area contributed by atoms with Crippen LogP contribution < -0.4 is 17.5 Å². The first kappa shape index (κ1) is 18.7. The number of halogens is 1. The quantitative estimate of drug-likeness (QED) is 0.491. The summed E-state index contributed by atoms with van der Waals surface area (Å²) in [5.41, 5.74) is 0.913. The minimum Gasteiger partial charge on any atom is -1.00 e. The van der Waals surface area contributed by atoms with Crippen molar-refractivity contribution in [1.82, 2.24) is 0 Å². The Bertz CT molecular complexity index is 575. The largest absolute Gasteiger partial charge is 2.00 e. The van der Waals surface area contributed by atoms with E-state index in [1.807, 2.05) is 91.0 Å². The second-order valence-corrected chi connectivity index (χ2v) is 4.78. The first-order chi connectivity index (χ1) is 9.82. The zero-order valence-corrected chi connectivity index (χ0v) is 14.3. The van der Waals surface area contributed by atoms with Gasteiger partial charge in [0.2, 0.25) is 0 Å². The molecule has 0 unspecified atom stereocenters. The number of hydrogen-bond donors (Lipinski definition) is 0. The Morgan fingerprint density at radius 1 is 0.500 bits per heavy atom. The minimum absolute atomic E-state index is 0. The third-order valence-corrected chi connectivity index (χ3v) is 3.54. The molecule has 0 amide bonds. The maximum atomic E-state index is 13.7. The fourth-order valence-electron chi connectivity index (χ4n) is 2.52. The summed E-state index contributed by atoms with van der Waals surface area (Å²) in [6.07, 6.45) is 0. The van der Waals surface area contributed by atoms with Crippen molar-refractivity contribution in [2.24, 2.45) is 0 Å². The zero-order valence-electron chi connectivity index (χ0n) is 12.2. The van der Waals surface area contributed by atoms with Crippen LogP contribution in [0.1, 0.15) is 16.7 Å². The minimum atomic E-state index is -1.37. The number of rotatable bonds is 3. The summed E-state index contributed by atoms with van der Waals surface area (Å²) in [6.45, 7) is 0. The predicted molar refractivity (Wildman–Crippen MR) is 85.0 cm³/mol. The standard InChI is InChI=1S/C19H15O.ClH.Mg/c20-19(16-10-4-1-5-11-16,17-12-6-2-7-13-17)18-14-8-3-9-15-18;;/h1-15H;1H;/q-1;;+2/p-1. The summed E-state index contributed by atoms with van der Waals surface area (Å²) < 4.78 is 0. The van der Waals surface area contributed by atoms with Crippen LogP contribution in [0, 0.1) is 0 Å². The third-order valence-electron chi connectivity index (χ3n) is 3.54. The molecule has 0 saturated heterocycles. The van der Waals surface area contributed by atoms with Crippen LogP contribution in [-0.2, 0) is 5.60 Å². The van der Waals surface area contributed by atoms with Crippen LogP contribution in [0.5, 0.6) is 0 Å². The van der Waals surface area contributed by atoms with Crippen molar-refractivity contribution in [3.05, 3.63) is 108 Å². The smallest absolute Gasteiger partial charge is 1.00 e. The summed E-state index contributed by atoms with van der Waals surface area (Å²) in [4.78, 5) is 0. The average Bonchev–Trinajstić information content (AvgIpc) is 2.56. The Balaban J connectivity index is 0.00000121. The van der Waals surface area contributed by atoms with E-state index in [1.54, 1.807) is 0 Å². The molecule has 3 rings (SSSR count). The van der Waals surface area contributed by atoms with Gasteiger partial charge in [-0.05, 0) is 22.3 Å². The second kappa shape index (κ2) is 8.35. The molecule has 106 valence electrons. The normalized spacial score (nSPS) is 10.2. The first-order valence-electron chi connectivity index (χ1n) is 6.69. The molecule has 0 atom stereocenters. The molecule has 0 aliphatic heterocycles. The SMILES string of the molecule is [Cl-].[Mg+2].[O-]C(c1ccccc1)(c1ccccc1)c1ccccc1. The van der Waals surface area contributed by atoms with E-state index in [9.17, 15) is 5.11 Å². The third kappa shape index (κ3) is 3.53. The van der Waals surface area contributed by atoms with Crippen molar-refractivity contribution in [1.29, 1.82) is 0 Å². The molecule has 0 spiro atoms. The maximum absolute atomic E-state index is 13.7. The fourth-order valence-corrected chi connectivity index (χ4v) is 2.52. The summed E-state index contributed by atoms with van der Waals surface area (Å²) >= 11 is 0. The molecular weight excluding hydrogens is 304 g/mol. The molecule has 22 heavy (non-hydrogen) atoms. The van der Waals surface area contributed by atoms with Crippen molar-refractivity contribution in [2.45, 2.75) is 5.60 Å². The van der Waals surface area contributed by atoms with Crippen molar-refractivity contribution in [3.63, 3.8) is 0 Å². The molecule has 0 N–H and O–H groups in total. The fraction of sp³-hybridized carbons (Fsp3) is 0.0526. The molecule has 0 saturated carbocycles. The van der Waals surface area contributed by atoms with Gasteiger partial charge in [0.05, 0.1) is 0 Å². The molecule has 0 heterocycles. The molecule has 3 aromatic carbocycles. The number of hydrogen-bond acceptors (Lipinski definition) is 1. The second-order valence-electron chi connectivity index (χ2n) is 4.78. The molecule has 0 bridgehead atoms. The monoisotopic (exact) mass is 318 g/mol. The predicted octanol–water partition coefficient (Wildman–Crippen LogP) is -0.0380. The van der Waals surface area contributed by atoms with Gasteiger partial charge in [0.25, 0.3) is 0 Å². The van der Waals surface area contributed by atoms with E-state index in [0.717, 1.165) is 16.7 Å². The summed E-state index contributed by atoms with van der Waals surface area (Å²) in [7, 11) is 0. The maximum Gasteiger partial charge on any atom is 2.00 e. The van der Waals surface area contributed by atoms with Crippen molar-refractivity contribution >= 4 is 23.1 Å².